The first-order chi connectivity index (χ1) is 5.06. The molecule has 1 aliphatic heterocycles. The number of hydrogen-bond donors (Lipinski definition) is 0. The minimum absolute atomic E-state index is 0.157. The maximum atomic E-state index is 5.37. The van der Waals surface area contributed by atoms with Crippen LogP contribution in [0, 0.1) is 0 Å². The molecule has 1 rings (SSSR count). The van der Waals surface area contributed by atoms with Crippen molar-refractivity contribution in [3.8, 4) is 0 Å². The lowest BCUT2D eigenvalue weighted by atomic mass is 10.2. The minimum Gasteiger partial charge on any atom is -0.312 e. The van der Waals surface area contributed by atoms with E-state index in [9.17, 15) is 0 Å². The van der Waals surface area contributed by atoms with E-state index in [1.807, 2.05) is 13.8 Å². The standard InChI is InChI=1S/C6H13O3PS/c1-5-4-6(2)9-10(11,7-3)8-5/h5-6H,4H2,1-3H3. The van der Waals surface area contributed by atoms with E-state index in [4.69, 9.17) is 25.4 Å². The maximum Gasteiger partial charge on any atom is 0.327 e. The molecule has 0 N–H and O–H groups in total. The summed E-state index contributed by atoms with van der Waals surface area (Å²) in [5.41, 5.74) is 0. The Kier molecular flexibility index (Phi) is 3.06. The monoisotopic (exact) mass is 196 g/mol. The summed E-state index contributed by atoms with van der Waals surface area (Å²) in [6.07, 6.45) is 1.20. The Hall–Kier alpha value is 0.530. The lowest BCUT2D eigenvalue weighted by Crippen LogP contribution is -2.24. The predicted octanol–water partition coefficient (Wildman–Crippen LogP) is 2.07. The smallest absolute Gasteiger partial charge is 0.312 e. The van der Waals surface area contributed by atoms with Crippen molar-refractivity contribution in [3.63, 3.8) is 0 Å². The van der Waals surface area contributed by atoms with Gasteiger partial charge in [-0.15, -0.1) is 0 Å². The Morgan fingerprint density at radius 3 is 2.18 bits per heavy atom. The van der Waals surface area contributed by atoms with Gasteiger partial charge in [-0.2, -0.15) is 0 Å². The third-order valence-corrected chi connectivity index (χ3v) is 4.15. The van der Waals surface area contributed by atoms with Gasteiger partial charge in [-0.25, -0.2) is 0 Å². The topological polar surface area (TPSA) is 27.7 Å². The molecule has 1 fully saturated rings. The van der Waals surface area contributed by atoms with Gasteiger partial charge in [0.15, 0.2) is 0 Å². The lowest BCUT2D eigenvalue weighted by molar-refractivity contribution is 0.0370. The lowest BCUT2D eigenvalue weighted by Gasteiger charge is -2.32. The molecular formula is C6H13O3PS. The van der Waals surface area contributed by atoms with Crippen molar-refractivity contribution in [2.45, 2.75) is 32.5 Å². The zero-order valence-electron chi connectivity index (χ0n) is 6.94. The van der Waals surface area contributed by atoms with Crippen molar-refractivity contribution >= 4 is 18.5 Å². The second-order valence-corrected chi connectivity index (χ2v) is 5.72. The Balaban J connectivity index is 2.63. The molecule has 0 amide bonds. The van der Waals surface area contributed by atoms with Crippen LogP contribution in [0.2, 0.25) is 0 Å². The van der Waals surface area contributed by atoms with Crippen LogP contribution in [0.3, 0.4) is 0 Å². The van der Waals surface area contributed by atoms with E-state index in [1.54, 1.807) is 0 Å². The van der Waals surface area contributed by atoms with Gasteiger partial charge in [-0.1, -0.05) is 0 Å². The van der Waals surface area contributed by atoms with Gasteiger partial charge in [0.25, 0.3) is 0 Å². The molecule has 3 nitrogen and oxygen atoms in total. The van der Waals surface area contributed by atoms with Crippen LogP contribution in [0.15, 0.2) is 0 Å². The number of rotatable bonds is 1. The Bertz CT molecular complexity index is 171. The van der Waals surface area contributed by atoms with Crippen LogP contribution < -0.4 is 0 Å². The van der Waals surface area contributed by atoms with Gasteiger partial charge in [0, 0.05) is 13.5 Å². The average Bonchev–Trinajstić information content (AvgIpc) is 1.84. The fourth-order valence-corrected chi connectivity index (χ4v) is 3.26. The molecule has 1 saturated heterocycles. The van der Waals surface area contributed by atoms with Gasteiger partial charge < -0.3 is 13.6 Å². The van der Waals surface area contributed by atoms with Gasteiger partial charge in [0.2, 0.25) is 0 Å². The molecule has 0 aliphatic carbocycles. The molecule has 0 spiro atoms. The summed E-state index contributed by atoms with van der Waals surface area (Å²) in [5.74, 6) is 0. The van der Waals surface area contributed by atoms with E-state index in [1.165, 1.54) is 7.11 Å². The maximum absolute atomic E-state index is 5.37. The van der Waals surface area contributed by atoms with Crippen molar-refractivity contribution in [2.75, 3.05) is 7.11 Å². The summed E-state index contributed by atoms with van der Waals surface area (Å²) in [6.45, 7) is 1.60. The van der Waals surface area contributed by atoms with E-state index in [0.717, 1.165) is 6.42 Å². The highest BCUT2D eigenvalue weighted by molar-refractivity contribution is 8.07. The molecule has 0 aromatic carbocycles. The average molecular weight is 196 g/mol. The highest BCUT2D eigenvalue weighted by atomic mass is 32.5. The molecule has 0 radical (unpaired) electrons. The van der Waals surface area contributed by atoms with E-state index in [0.29, 0.717) is 0 Å². The molecule has 66 valence electrons. The summed E-state index contributed by atoms with van der Waals surface area (Å²) in [5, 5.41) is 0. The quantitative estimate of drug-likeness (QED) is 0.600. The van der Waals surface area contributed by atoms with Crippen LogP contribution in [-0.2, 0) is 25.4 Å². The van der Waals surface area contributed by atoms with Crippen LogP contribution in [0.4, 0.5) is 0 Å². The van der Waals surface area contributed by atoms with Crippen molar-refractivity contribution < 1.29 is 13.6 Å². The summed E-state index contributed by atoms with van der Waals surface area (Å²) in [6, 6.07) is 0. The van der Waals surface area contributed by atoms with Crippen molar-refractivity contribution in [1.29, 1.82) is 0 Å². The van der Waals surface area contributed by atoms with E-state index < -0.39 is 6.72 Å². The first kappa shape index (κ1) is 9.62. The molecule has 5 heteroatoms. The molecule has 0 aromatic rings. The second kappa shape index (κ2) is 3.50. The molecule has 0 bridgehead atoms. The van der Waals surface area contributed by atoms with Crippen LogP contribution >= 0.6 is 6.72 Å². The molecule has 1 aliphatic rings. The Morgan fingerprint density at radius 1 is 1.36 bits per heavy atom. The summed E-state index contributed by atoms with van der Waals surface area (Å²) in [7, 11) is 1.53. The second-order valence-electron chi connectivity index (χ2n) is 2.70. The zero-order valence-corrected chi connectivity index (χ0v) is 8.65. The highest BCUT2D eigenvalue weighted by Gasteiger charge is 2.31. The van der Waals surface area contributed by atoms with Crippen molar-refractivity contribution in [2.24, 2.45) is 0 Å². The largest absolute Gasteiger partial charge is 0.327 e. The number of hydrogen-bond acceptors (Lipinski definition) is 4. The van der Waals surface area contributed by atoms with Gasteiger partial charge in [-0.3, -0.25) is 0 Å². The molecule has 0 aromatic heterocycles. The molecule has 2 unspecified atom stereocenters. The summed E-state index contributed by atoms with van der Waals surface area (Å²) in [4.78, 5) is 0. The van der Waals surface area contributed by atoms with E-state index in [2.05, 4.69) is 0 Å². The Labute approximate surface area is 72.3 Å². The van der Waals surface area contributed by atoms with Gasteiger partial charge in [-0.05, 0) is 25.7 Å². The predicted molar refractivity (Wildman–Crippen MR) is 47.0 cm³/mol. The highest BCUT2D eigenvalue weighted by Crippen LogP contribution is 2.54. The third-order valence-electron chi connectivity index (χ3n) is 1.51. The van der Waals surface area contributed by atoms with Crippen LogP contribution in [-0.4, -0.2) is 19.3 Å². The molecule has 0 saturated carbocycles. The third kappa shape index (κ3) is 2.49. The van der Waals surface area contributed by atoms with Crippen LogP contribution in [0.25, 0.3) is 0 Å². The van der Waals surface area contributed by atoms with Crippen molar-refractivity contribution in [3.05, 3.63) is 0 Å². The zero-order chi connectivity index (χ0) is 8.48. The molecule has 2 atom stereocenters. The Morgan fingerprint density at radius 2 is 1.82 bits per heavy atom. The van der Waals surface area contributed by atoms with E-state index >= 15 is 0 Å². The molecule has 1 heterocycles. The fourth-order valence-electron chi connectivity index (χ4n) is 1.11. The normalized spacial score (nSPS) is 45.7. The summed E-state index contributed by atoms with van der Waals surface area (Å²) < 4.78 is 15.8. The molecule has 11 heavy (non-hydrogen) atoms. The van der Waals surface area contributed by atoms with E-state index in [-0.39, 0.29) is 12.2 Å². The first-order valence-corrected chi connectivity index (χ1v) is 6.14. The fraction of sp³-hybridized carbons (Fsp3) is 1.00. The minimum atomic E-state index is -2.37. The molecular weight excluding hydrogens is 183 g/mol. The van der Waals surface area contributed by atoms with Crippen LogP contribution in [0.5, 0.6) is 0 Å². The first-order valence-electron chi connectivity index (χ1n) is 3.58. The van der Waals surface area contributed by atoms with Crippen molar-refractivity contribution in [1.82, 2.24) is 0 Å². The van der Waals surface area contributed by atoms with Crippen LogP contribution in [0.1, 0.15) is 20.3 Å². The summed E-state index contributed by atoms with van der Waals surface area (Å²) >= 11 is 5.05. The SMILES string of the molecule is COP1(=S)OC(C)CC(C)O1. The van der Waals surface area contributed by atoms with Gasteiger partial charge in [0.1, 0.15) is 0 Å². The van der Waals surface area contributed by atoms with Gasteiger partial charge >= 0.3 is 6.72 Å². The van der Waals surface area contributed by atoms with Gasteiger partial charge in [0.05, 0.1) is 12.2 Å².